The molecule has 0 aliphatic rings. The molecule has 0 aliphatic heterocycles. The van der Waals surface area contributed by atoms with Crippen molar-refractivity contribution in [3.63, 3.8) is 0 Å². The van der Waals surface area contributed by atoms with Gasteiger partial charge in [-0.2, -0.15) is 13.2 Å². The van der Waals surface area contributed by atoms with Crippen molar-refractivity contribution in [2.24, 2.45) is 0 Å². The standard InChI is InChI=1S/C22H20F3NO5S/c1-5-31-17-11-16-15(10-18(17)32(4,28)29)19(21(27)30-3)12(2)20(26-16)13-7-6-8-14(9-13)22(23,24)25/h6-11H,5H2,1-4H3. The summed E-state index contributed by atoms with van der Waals surface area (Å²) in [6.07, 6.45) is -3.55. The van der Waals surface area contributed by atoms with Crippen LogP contribution in [-0.2, 0) is 20.8 Å². The molecule has 6 nitrogen and oxygen atoms in total. The van der Waals surface area contributed by atoms with Crippen LogP contribution >= 0.6 is 0 Å². The molecule has 2 aromatic carbocycles. The number of carbonyl (C=O) groups is 1. The number of halogens is 3. The summed E-state index contributed by atoms with van der Waals surface area (Å²) in [6.45, 7) is 3.36. The zero-order valence-electron chi connectivity index (χ0n) is 17.7. The largest absolute Gasteiger partial charge is 0.492 e. The normalized spacial score (nSPS) is 12.1. The maximum absolute atomic E-state index is 13.2. The smallest absolute Gasteiger partial charge is 0.416 e. The number of esters is 1. The highest BCUT2D eigenvalue weighted by molar-refractivity contribution is 7.90. The van der Waals surface area contributed by atoms with Crippen molar-refractivity contribution in [2.75, 3.05) is 20.0 Å². The summed E-state index contributed by atoms with van der Waals surface area (Å²) in [7, 11) is -2.57. The third kappa shape index (κ3) is 4.40. The molecule has 0 bridgehead atoms. The fourth-order valence-electron chi connectivity index (χ4n) is 3.41. The van der Waals surface area contributed by atoms with Crippen molar-refractivity contribution in [1.29, 1.82) is 0 Å². The molecule has 0 fully saturated rings. The summed E-state index contributed by atoms with van der Waals surface area (Å²) in [6, 6.07) is 7.21. The lowest BCUT2D eigenvalue weighted by Crippen LogP contribution is -2.10. The van der Waals surface area contributed by atoms with Gasteiger partial charge in [-0.15, -0.1) is 0 Å². The summed E-state index contributed by atoms with van der Waals surface area (Å²) < 4.78 is 74.6. The van der Waals surface area contributed by atoms with Crippen LogP contribution in [0.1, 0.15) is 28.4 Å². The highest BCUT2D eigenvalue weighted by atomic mass is 32.2. The van der Waals surface area contributed by atoms with Gasteiger partial charge in [0.15, 0.2) is 9.84 Å². The molecule has 10 heteroatoms. The van der Waals surface area contributed by atoms with Crippen LogP contribution in [0.15, 0.2) is 41.3 Å². The third-order valence-electron chi connectivity index (χ3n) is 4.85. The SMILES string of the molecule is CCOc1cc2nc(-c3cccc(C(F)(F)F)c3)c(C)c(C(=O)OC)c2cc1S(C)(=O)=O. The Morgan fingerprint density at radius 1 is 1.16 bits per heavy atom. The highest BCUT2D eigenvalue weighted by Crippen LogP contribution is 2.37. The minimum atomic E-state index is -4.56. The molecule has 0 saturated carbocycles. The van der Waals surface area contributed by atoms with Crippen LogP contribution in [-0.4, -0.2) is 39.3 Å². The quantitative estimate of drug-likeness (QED) is 0.501. The molecule has 0 radical (unpaired) electrons. The number of benzene rings is 2. The van der Waals surface area contributed by atoms with Gasteiger partial charge in [-0.05, 0) is 37.6 Å². The van der Waals surface area contributed by atoms with E-state index in [9.17, 15) is 26.4 Å². The van der Waals surface area contributed by atoms with Crippen molar-refractivity contribution < 1.29 is 35.9 Å². The zero-order chi connectivity index (χ0) is 23.8. The highest BCUT2D eigenvalue weighted by Gasteiger charge is 2.31. The number of sulfone groups is 1. The summed E-state index contributed by atoms with van der Waals surface area (Å²) in [4.78, 5) is 16.9. The minimum absolute atomic E-state index is 0.0119. The van der Waals surface area contributed by atoms with Gasteiger partial charge in [0, 0.05) is 23.3 Å². The molecule has 1 aromatic heterocycles. The van der Waals surface area contributed by atoms with Crippen molar-refractivity contribution in [3.8, 4) is 17.0 Å². The Bertz CT molecular complexity index is 1320. The van der Waals surface area contributed by atoms with E-state index in [1.165, 1.54) is 31.2 Å². The van der Waals surface area contributed by atoms with Crippen LogP contribution in [0.25, 0.3) is 22.2 Å². The zero-order valence-corrected chi connectivity index (χ0v) is 18.5. The lowest BCUT2D eigenvalue weighted by Gasteiger charge is -2.17. The molecule has 0 spiro atoms. The van der Waals surface area contributed by atoms with Crippen molar-refractivity contribution >= 4 is 26.7 Å². The molecule has 0 unspecified atom stereocenters. The number of pyridine rings is 1. The van der Waals surface area contributed by atoms with Crippen LogP contribution in [0.4, 0.5) is 13.2 Å². The topological polar surface area (TPSA) is 82.6 Å². The number of carbonyl (C=O) groups excluding carboxylic acids is 1. The van der Waals surface area contributed by atoms with Crippen molar-refractivity contribution in [2.45, 2.75) is 24.9 Å². The van der Waals surface area contributed by atoms with Gasteiger partial charge < -0.3 is 9.47 Å². The maximum Gasteiger partial charge on any atom is 0.416 e. The van der Waals surface area contributed by atoms with Gasteiger partial charge in [0.05, 0.1) is 36.1 Å². The number of aromatic nitrogens is 1. The van der Waals surface area contributed by atoms with Crippen LogP contribution in [0.5, 0.6) is 5.75 Å². The Morgan fingerprint density at radius 3 is 2.41 bits per heavy atom. The van der Waals surface area contributed by atoms with Gasteiger partial charge in [0.25, 0.3) is 0 Å². The van der Waals surface area contributed by atoms with E-state index in [0.717, 1.165) is 25.5 Å². The van der Waals surface area contributed by atoms with E-state index in [-0.39, 0.29) is 50.5 Å². The number of fused-ring (bicyclic) bond motifs is 1. The lowest BCUT2D eigenvalue weighted by atomic mass is 9.96. The molecule has 0 aliphatic carbocycles. The van der Waals surface area contributed by atoms with E-state index in [2.05, 4.69) is 4.98 Å². The van der Waals surface area contributed by atoms with Crippen LogP contribution < -0.4 is 4.74 Å². The van der Waals surface area contributed by atoms with E-state index in [0.29, 0.717) is 0 Å². The molecular formula is C22H20F3NO5S. The summed E-state index contributed by atoms with van der Waals surface area (Å²) in [5.41, 5.74) is -0.129. The Hall–Kier alpha value is -3.14. The Kier molecular flexibility index (Phi) is 6.19. The first-order valence-corrected chi connectivity index (χ1v) is 11.3. The number of rotatable bonds is 5. The second kappa shape index (κ2) is 8.42. The van der Waals surface area contributed by atoms with Gasteiger partial charge in [-0.3, -0.25) is 0 Å². The van der Waals surface area contributed by atoms with Crippen molar-refractivity contribution in [1.82, 2.24) is 4.98 Å². The van der Waals surface area contributed by atoms with Crippen molar-refractivity contribution in [3.05, 3.63) is 53.1 Å². The number of hydrogen-bond donors (Lipinski definition) is 0. The second-order valence-corrected chi connectivity index (χ2v) is 9.04. The van der Waals surface area contributed by atoms with Gasteiger partial charge in [-0.25, -0.2) is 18.2 Å². The van der Waals surface area contributed by atoms with Crippen LogP contribution in [0.2, 0.25) is 0 Å². The van der Waals surface area contributed by atoms with Crippen LogP contribution in [0.3, 0.4) is 0 Å². The molecular weight excluding hydrogens is 447 g/mol. The van der Waals surface area contributed by atoms with E-state index < -0.39 is 27.5 Å². The van der Waals surface area contributed by atoms with E-state index in [1.54, 1.807) is 6.92 Å². The molecule has 3 aromatic rings. The Balaban J connectivity index is 2.43. The fraction of sp³-hybridized carbons (Fsp3) is 0.273. The first-order valence-electron chi connectivity index (χ1n) is 9.45. The summed E-state index contributed by atoms with van der Waals surface area (Å²) in [5, 5.41) is 0.189. The lowest BCUT2D eigenvalue weighted by molar-refractivity contribution is -0.137. The molecule has 0 N–H and O–H groups in total. The monoisotopic (exact) mass is 467 g/mol. The first-order chi connectivity index (χ1) is 14.9. The van der Waals surface area contributed by atoms with Gasteiger partial charge in [0.2, 0.25) is 0 Å². The number of ether oxygens (including phenoxy) is 2. The Labute approximate surface area is 182 Å². The summed E-state index contributed by atoms with van der Waals surface area (Å²) in [5.74, 6) is -0.739. The number of nitrogens with zero attached hydrogens (tertiary/aromatic N) is 1. The molecule has 0 atom stereocenters. The third-order valence-corrected chi connectivity index (χ3v) is 5.96. The van der Waals surface area contributed by atoms with E-state index in [1.807, 2.05) is 0 Å². The van der Waals surface area contributed by atoms with Gasteiger partial charge in [-0.1, -0.05) is 12.1 Å². The molecule has 0 amide bonds. The molecule has 3 rings (SSSR count). The first kappa shape index (κ1) is 23.5. The summed E-state index contributed by atoms with van der Waals surface area (Å²) >= 11 is 0. The van der Waals surface area contributed by atoms with Gasteiger partial charge in [0.1, 0.15) is 10.6 Å². The number of hydrogen-bond acceptors (Lipinski definition) is 6. The van der Waals surface area contributed by atoms with E-state index >= 15 is 0 Å². The average Bonchev–Trinajstić information content (AvgIpc) is 2.71. The van der Waals surface area contributed by atoms with Gasteiger partial charge >= 0.3 is 12.1 Å². The molecule has 170 valence electrons. The number of alkyl halides is 3. The second-order valence-electron chi connectivity index (χ2n) is 7.05. The minimum Gasteiger partial charge on any atom is -0.492 e. The predicted molar refractivity (Wildman–Crippen MR) is 113 cm³/mol. The van der Waals surface area contributed by atoms with Crippen LogP contribution in [0, 0.1) is 6.92 Å². The predicted octanol–water partition coefficient (Wildman–Crippen LogP) is 4.82. The molecule has 0 saturated heterocycles. The van der Waals surface area contributed by atoms with E-state index in [4.69, 9.17) is 9.47 Å². The Morgan fingerprint density at radius 2 is 1.84 bits per heavy atom. The molecule has 1 heterocycles. The fourth-order valence-corrected chi connectivity index (χ4v) is 4.23. The number of methoxy groups -OCH3 is 1. The molecule has 32 heavy (non-hydrogen) atoms. The maximum atomic E-state index is 13.2. The average molecular weight is 467 g/mol.